The highest BCUT2D eigenvalue weighted by molar-refractivity contribution is 6.03. The molecule has 0 bridgehead atoms. The maximum Gasteiger partial charge on any atom is 0.358 e. The molecule has 0 radical (unpaired) electrons. The molecule has 82 valence electrons. The minimum atomic E-state index is -1.16. The second-order valence-corrected chi connectivity index (χ2v) is 3.69. The zero-order valence-electron chi connectivity index (χ0n) is 8.98. The van der Waals surface area contributed by atoms with Crippen LogP contribution in [0, 0.1) is 13.8 Å². The highest BCUT2D eigenvalue weighted by atomic mass is 16.4. The van der Waals surface area contributed by atoms with Crippen LogP contribution in [0.25, 0.3) is 10.9 Å². The maximum absolute atomic E-state index is 10.9. The summed E-state index contributed by atoms with van der Waals surface area (Å²) < 4.78 is 0. The number of nitrogen functional groups attached to an aromatic ring is 1. The van der Waals surface area contributed by atoms with Gasteiger partial charge in [-0.1, -0.05) is 12.1 Å². The van der Waals surface area contributed by atoms with Crippen LogP contribution in [-0.4, -0.2) is 21.3 Å². The summed E-state index contributed by atoms with van der Waals surface area (Å²) in [5, 5.41) is 17.1. The van der Waals surface area contributed by atoms with E-state index >= 15 is 0 Å². The van der Waals surface area contributed by atoms with Crippen LogP contribution in [0.2, 0.25) is 0 Å². The third-order valence-electron chi connectivity index (χ3n) is 2.57. The summed E-state index contributed by atoms with van der Waals surface area (Å²) in [6, 6.07) is 3.80. The molecule has 0 atom stereocenters. The number of anilines is 1. The average Bonchev–Trinajstić information content (AvgIpc) is 2.23. The number of hydrogen-bond acceptors (Lipinski definition) is 4. The molecule has 0 fully saturated rings. The van der Waals surface area contributed by atoms with Gasteiger partial charge < -0.3 is 10.8 Å². The minimum Gasteiger partial charge on any atom is -0.476 e. The number of rotatable bonds is 1. The lowest BCUT2D eigenvalue weighted by Crippen LogP contribution is -2.08. The molecule has 0 aliphatic heterocycles. The number of carboxylic acid groups (broad SMARTS) is 1. The molecule has 1 aromatic heterocycles. The molecule has 0 amide bonds. The van der Waals surface area contributed by atoms with Gasteiger partial charge in [-0.15, -0.1) is 10.2 Å². The number of aromatic nitrogens is 2. The van der Waals surface area contributed by atoms with Gasteiger partial charge in [0.05, 0.1) is 11.2 Å². The first-order valence-electron chi connectivity index (χ1n) is 4.77. The van der Waals surface area contributed by atoms with Crippen molar-refractivity contribution in [2.75, 3.05) is 5.73 Å². The van der Waals surface area contributed by atoms with Gasteiger partial charge in [0, 0.05) is 5.39 Å². The number of benzene rings is 1. The van der Waals surface area contributed by atoms with Gasteiger partial charge in [-0.05, 0) is 25.0 Å². The van der Waals surface area contributed by atoms with Crippen LogP contribution in [0.15, 0.2) is 12.1 Å². The molecule has 5 heteroatoms. The smallest absolute Gasteiger partial charge is 0.358 e. The topological polar surface area (TPSA) is 89.1 Å². The Labute approximate surface area is 91.9 Å². The van der Waals surface area contributed by atoms with Gasteiger partial charge in [0.1, 0.15) is 0 Å². The van der Waals surface area contributed by atoms with Gasteiger partial charge in [0.15, 0.2) is 5.69 Å². The van der Waals surface area contributed by atoms with Crippen LogP contribution >= 0.6 is 0 Å². The van der Waals surface area contributed by atoms with Crippen molar-refractivity contribution in [3.63, 3.8) is 0 Å². The Hall–Kier alpha value is -2.17. The Morgan fingerprint density at radius 1 is 1.25 bits per heavy atom. The number of carboxylic acids is 1. The molecular formula is C11H11N3O2. The molecule has 3 N–H and O–H groups in total. The van der Waals surface area contributed by atoms with Crippen molar-refractivity contribution in [3.8, 4) is 0 Å². The third-order valence-corrected chi connectivity index (χ3v) is 2.57. The van der Waals surface area contributed by atoms with E-state index in [1.807, 2.05) is 26.0 Å². The van der Waals surface area contributed by atoms with Crippen LogP contribution in [0.1, 0.15) is 21.6 Å². The van der Waals surface area contributed by atoms with Gasteiger partial charge >= 0.3 is 5.97 Å². The average molecular weight is 217 g/mol. The molecule has 1 heterocycles. The van der Waals surface area contributed by atoms with Crippen molar-refractivity contribution in [3.05, 3.63) is 29.0 Å². The highest BCUT2D eigenvalue weighted by Gasteiger charge is 2.16. The molecule has 0 aliphatic carbocycles. The Bertz CT molecular complexity index is 593. The van der Waals surface area contributed by atoms with Crippen molar-refractivity contribution in [2.45, 2.75) is 13.8 Å². The number of fused-ring (bicyclic) bond motifs is 1. The van der Waals surface area contributed by atoms with E-state index < -0.39 is 5.97 Å². The van der Waals surface area contributed by atoms with Gasteiger partial charge in [-0.25, -0.2) is 4.79 Å². The molecule has 0 saturated carbocycles. The van der Waals surface area contributed by atoms with Gasteiger partial charge in [0.2, 0.25) is 0 Å². The fourth-order valence-electron chi connectivity index (χ4n) is 1.70. The van der Waals surface area contributed by atoms with Crippen molar-refractivity contribution in [1.29, 1.82) is 0 Å². The summed E-state index contributed by atoms with van der Waals surface area (Å²) in [4.78, 5) is 10.9. The fourth-order valence-corrected chi connectivity index (χ4v) is 1.70. The van der Waals surface area contributed by atoms with E-state index in [1.165, 1.54) is 0 Å². The van der Waals surface area contributed by atoms with Crippen molar-refractivity contribution in [2.24, 2.45) is 0 Å². The van der Waals surface area contributed by atoms with E-state index in [9.17, 15) is 4.79 Å². The minimum absolute atomic E-state index is 0.179. The standard InChI is InChI=1S/C11H11N3O2/c1-5-3-4-6(2)9-7(5)8(12)10(11(15)16)14-13-9/h3-4H,1-2H3,(H2,12,13)(H,15,16). The van der Waals surface area contributed by atoms with E-state index in [0.29, 0.717) is 10.9 Å². The zero-order valence-corrected chi connectivity index (χ0v) is 8.98. The van der Waals surface area contributed by atoms with Crippen molar-refractivity contribution in [1.82, 2.24) is 10.2 Å². The largest absolute Gasteiger partial charge is 0.476 e. The number of nitrogens with zero attached hydrogens (tertiary/aromatic N) is 2. The van der Waals surface area contributed by atoms with E-state index in [1.54, 1.807) is 0 Å². The predicted octanol–water partition coefficient (Wildman–Crippen LogP) is 1.53. The van der Waals surface area contributed by atoms with Gasteiger partial charge in [0.25, 0.3) is 0 Å². The number of hydrogen-bond donors (Lipinski definition) is 2. The lowest BCUT2D eigenvalue weighted by Gasteiger charge is -2.08. The molecule has 5 nitrogen and oxygen atoms in total. The first kappa shape index (κ1) is 10.4. The molecule has 2 rings (SSSR count). The molecule has 16 heavy (non-hydrogen) atoms. The quantitative estimate of drug-likeness (QED) is 0.756. The van der Waals surface area contributed by atoms with Gasteiger partial charge in [-0.3, -0.25) is 0 Å². The van der Waals surface area contributed by atoms with Gasteiger partial charge in [-0.2, -0.15) is 0 Å². The fraction of sp³-hybridized carbons (Fsp3) is 0.182. The number of nitrogens with two attached hydrogens (primary N) is 1. The van der Waals surface area contributed by atoms with E-state index in [-0.39, 0.29) is 11.4 Å². The van der Waals surface area contributed by atoms with Crippen LogP contribution < -0.4 is 5.73 Å². The summed E-state index contributed by atoms with van der Waals surface area (Å²) in [5.41, 5.74) is 8.27. The summed E-state index contributed by atoms with van der Waals surface area (Å²) in [5.74, 6) is -1.16. The SMILES string of the molecule is Cc1ccc(C)c2c(N)c(C(=O)O)nnc12. The van der Waals surface area contributed by atoms with Crippen LogP contribution in [0.4, 0.5) is 5.69 Å². The lowest BCUT2D eigenvalue weighted by atomic mass is 10.0. The lowest BCUT2D eigenvalue weighted by molar-refractivity contribution is 0.0691. The second kappa shape index (κ2) is 3.44. The normalized spacial score (nSPS) is 10.6. The van der Waals surface area contributed by atoms with Crippen LogP contribution in [-0.2, 0) is 0 Å². The first-order valence-corrected chi connectivity index (χ1v) is 4.77. The Morgan fingerprint density at radius 3 is 2.50 bits per heavy atom. The molecule has 0 saturated heterocycles. The van der Waals surface area contributed by atoms with E-state index in [4.69, 9.17) is 10.8 Å². The first-order chi connectivity index (χ1) is 7.52. The number of aryl methyl sites for hydroxylation is 2. The van der Waals surface area contributed by atoms with Crippen molar-refractivity contribution >= 4 is 22.6 Å². The number of carbonyl (C=O) groups is 1. The molecule has 0 unspecified atom stereocenters. The summed E-state index contributed by atoms with van der Waals surface area (Å²) in [6.45, 7) is 3.75. The summed E-state index contributed by atoms with van der Waals surface area (Å²) >= 11 is 0. The third kappa shape index (κ3) is 1.37. The summed E-state index contributed by atoms with van der Waals surface area (Å²) in [7, 11) is 0. The van der Waals surface area contributed by atoms with Crippen LogP contribution in [0.5, 0.6) is 0 Å². The Balaban J connectivity index is 2.94. The van der Waals surface area contributed by atoms with E-state index in [2.05, 4.69) is 10.2 Å². The number of aromatic carboxylic acids is 1. The van der Waals surface area contributed by atoms with Crippen LogP contribution in [0.3, 0.4) is 0 Å². The summed E-state index contributed by atoms with van der Waals surface area (Å²) in [6.07, 6.45) is 0. The van der Waals surface area contributed by atoms with Crippen molar-refractivity contribution < 1.29 is 9.90 Å². The monoisotopic (exact) mass is 217 g/mol. The molecule has 1 aromatic carbocycles. The maximum atomic E-state index is 10.9. The predicted molar refractivity (Wildman–Crippen MR) is 60.4 cm³/mol. The molecular weight excluding hydrogens is 206 g/mol. The Morgan fingerprint density at radius 2 is 1.88 bits per heavy atom. The second-order valence-electron chi connectivity index (χ2n) is 3.69. The molecule has 0 spiro atoms. The highest BCUT2D eigenvalue weighted by Crippen LogP contribution is 2.26. The Kier molecular flexibility index (Phi) is 2.23. The molecule has 0 aliphatic rings. The zero-order chi connectivity index (χ0) is 11.9. The molecule has 2 aromatic rings. The van der Waals surface area contributed by atoms with E-state index in [0.717, 1.165) is 11.1 Å².